The minimum Gasteiger partial charge on any atom is -0.341 e. The molecule has 7 heteroatoms. The van der Waals surface area contributed by atoms with Crippen LogP contribution in [0.2, 0.25) is 0 Å². The van der Waals surface area contributed by atoms with Crippen LogP contribution in [-0.4, -0.2) is 77.5 Å². The highest BCUT2D eigenvalue weighted by molar-refractivity contribution is 5.89. The SMILES string of the molecule is Cc1cc(CN(C)C(=O)[C@H]2CC(=O)N(CCN(C)C)C2)n[nH]1. The number of carbonyl (C=O) groups excluding carboxylic acids is 2. The van der Waals surface area contributed by atoms with Gasteiger partial charge in [0.2, 0.25) is 11.8 Å². The summed E-state index contributed by atoms with van der Waals surface area (Å²) in [4.78, 5) is 30.0. The van der Waals surface area contributed by atoms with Crippen LogP contribution in [0.5, 0.6) is 0 Å². The van der Waals surface area contributed by atoms with Crippen LogP contribution in [0.1, 0.15) is 17.8 Å². The molecule has 1 fully saturated rings. The second-order valence-electron chi connectivity index (χ2n) is 6.28. The van der Waals surface area contributed by atoms with Crippen LogP contribution in [0.25, 0.3) is 0 Å². The Labute approximate surface area is 131 Å². The van der Waals surface area contributed by atoms with Gasteiger partial charge in [-0.3, -0.25) is 14.7 Å². The van der Waals surface area contributed by atoms with Crippen molar-refractivity contribution in [3.63, 3.8) is 0 Å². The fourth-order valence-corrected chi connectivity index (χ4v) is 2.66. The number of nitrogens with one attached hydrogen (secondary N) is 1. The maximum absolute atomic E-state index is 12.5. The number of rotatable bonds is 6. The number of amides is 2. The lowest BCUT2D eigenvalue weighted by Crippen LogP contribution is -2.36. The van der Waals surface area contributed by atoms with Crippen LogP contribution < -0.4 is 0 Å². The van der Waals surface area contributed by atoms with Gasteiger partial charge < -0.3 is 14.7 Å². The molecule has 1 N–H and O–H groups in total. The molecule has 7 nitrogen and oxygen atoms in total. The monoisotopic (exact) mass is 307 g/mol. The quantitative estimate of drug-likeness (QED) is 0.808. The summed E-state index contributed by atoms with van der Waals surface area (Å²) in [6, 6.07) is 1.92. The molecule has 1 aliphatic rings. The summed E-state index contributed by atoms with van der Waals surface area (Å²) in [7, 11) is 5.71. The first-order chi connectivity index (χ1) is 10.4. The molecule has 1 aromatic heterocycles. The van der Waals surface area contributed by atoms with Gasteiger partial charge in [0.05, 0.1) is 18.2 Å². The Kier molecular flexibility index (Phi) is 5.18. The van der Waals surface area contributed by atoms with Crippen molar-refractivity contribution >= 4 is 11.8 Å². The summed E-state index contributed by atoms with van der Waals surface area (Å²) in [5.74, 6) is -0.148. The lowest BCUT2D eigenvalue weighted by atomic mass is 10.1. The Morgan fingerprint density at radius 1 is 1.45 bits per heavy atom. The number of H-pyrrole nitrogens is 1. The molecule has 0 spiro atoms. The smallest absolute Gasteiger partial charge is 0.228 e. The summed E-state index contributed by atoms with van der Waals surface area (Å²) >= 11 is 0. The Morgan fingerprint density at radius 2 is 2.18 bits per heavy atom. The van der Waals surface area contributed by atoms with Crippen molar-refractivity contribution in [3.8, 4) is 0 Å². The number of aryl methyl sites for hydroxylation is 1. The van der Waals surface area contributed by atoms with Gasteiger partial charge in [-0.25, -0.2) is 0 Å². The maximum Gasteiger partial charge on any atom is 0.228 e. The Bertz CT molecular complexity index is 540. The summed E-state index contributed by atoms with van der Waals surface area (Å²) in [5, 5.41) is 7.01. The van der Waals surface area contributed by atoms with Crippen molar-refractivity contribution in [2.24, 2.45) is 5.92 Å². The third-order valence-corrected chi connectivity index (χ3v) is 3.92. The van der Waals surface area contributed by atoms with Crippen LogP contribution in [0.15, 0.2) is 6.07 Å². The van der Waals surface area contributed by atoms with Crippen LogP contribution in [-0.2, 0) is 16.1 Å². The van der Waals surface area contributed by atoms with Crippen molar-refractivity contribution in [2.45, 2.75) is 19.9 Å². The van der Waals surface area contributed by atoms with Gasteiger partial charge in [0, 0.05) is 38.8 Å². The normalized spacial score (nSPS) is 18.3. The predicted molar refractivity (Wildman–Crippen MR) is 83.0 cm³/mol. The zero-order valence-corrected chi connectivity index (χ0v) is 13.8. The maximum atomic E-state index is 12.5. The fraction of sp³-hybridized carbons (Fsp3) is 0.667. The molecule has 0 saturated carbocycles. The largest absolute Gasteiger partial charge is 0.341 e. The first-order valence-electron chi connectivity index (χ1n) is 7.55. The molecule has 122 valence electrons. The molecule has 0 unspecified atom stereocenters. The molecule has 1 aromatic rings. The summed E-state index contributed by atoms with van der Waals surface area (Å²) in [5.41, 5.74) is 1.81. The molecule has 1 aliphatic heterocycles. The number of aromatic amines is 1. The van der Waals surface area contributed by atoms with E-state index in [9.17, 15) is 9.59 Å². The molecule has 22 heavy (non-hydrogen) atoms. The van der Waals surface area contributed by atoms with Crippen molar-refractivity contribution in [2.75, 3.05) is 40.8 Å². The molecule has 0 bridgehead atoms. The highest BCUT2D eigenvalue weighted by Gasteiger charge is 2.35. The standard InChI is InChI=1S/C15H25N5O2/c1-11-7-13(17-16-11)10-19(4)15(22)12-8-14(21)20(9-12)6-5-18(2)3/h7,12H,5-6,8-10H2,1-4H3,(H,16,17)/t12-/m0/s1. The number of hydrogen-bond donors (Lipinski definition) is 1. The Hall–Kier alpha value is -1.89. The fourth-order valence-electron chi connectivity index (χ4n) is 2.66. The van der Waals surface area contributed by atoms with E-state index >= 15 is 0 Å². The van der Waals surface area contributed by atoms with Crippen LogP contribution in [0, 0.1) is 12.8 Å². The van der Waals surface area contributed by atoms with Crippen molar-refractivity contribution in [1.82, 2.24) is 24.9 Å². The van der Waals surface area contributed by atoms with Crippen molar-refractivity contribution in [1.29, 1.82) is 0 Å². The van der Waals surface area contributed by atoms with Crippen molar-refractivity contribution < 1.29 is 9.59 Å². The van der Waals surface area contributed by atoms with E-state index < -0.39 is 0 Å². The molecule has 0 radical (unpaired) electrons. The summed E-state index contributed by atoms with van der Waals surface area (Å²) in [6.45, 7) is 4.41. The number of carbonyl (C=O) groups is 2. The van der Waals surface area contributed by atoms with Gasteiger partial charge in [0.25, 0.3) is 0 Å². The number of likely N-dealkylation sites (tertiary alicyclic amines) is 1. The molecular weight excluding hydrogens is 282 g/mol. The predicted octanol–water partition coefficient (Wildman–Crippen LogP) is 0.0866. The van der Waals surface area contributed by atoms with E-state index in [4.69, 9.17) is 0 Å². The highest BCUT2D eigenvalue weighted by atomic mass is 16.2. The Balaban J connectivity index is 1.88. The zero-order valence-electron chi connectivity index (χ0n) is 13.8. The topological polar surface area (TPSA) is 72.5 Å². The van der Waals surface area contributed by atoms with Gasteiger partial charge in [0.1, 0.15) is 0 Å². The molecule has 2 heterocycles. The molecule has 2 rings (SSSR count). The Morgan fingerprint density at radius 3 is 2.77 bits per heavy atom. The van der Waals surface area contributed by atoms with E-state index in [1.165, 1.54) is 0 Å². The summed E-state index contributed by atoms with van der Waals surface area (Å²) < 4.78 is 0. The van der Waals surface area contributed by atoms with Gasteiger partial charge in [-0.15, -0.1) is 0 Å². The first-order valence-corrected chi connectivity index (χ1v) is 7.55. The molecule has 0 aromatic carbocycles. The summed E-state index contributed by atoms with van der Waals surface area (Å²) in [6.07, 6.45) is 0.316. The highest BCUT2D eigenvalue weighted by Crippen LogP contribution is 2.20. The minimum absolute atomic E-state index is 0.0151. The van der Waals surface area contributed by atoms with E-state index in [1.54, 1.807) is 16.8 Å². The molecule has 1 atom stereocenters. The van der Waals surface area contributed by atoms with Gasteiger partial charge in [-0.05, 0) is 27.1 Å². The lowest BCUT2D eigenvalue weighted by molar-refractivity contribution is -0.135. The van der Waals surface area contributed by atoms with Gasteiger partial charge in [-0.2, -0.15) is 5.10 Å². The third kappa shape index (κ3) is 4.07. The first kappa shape index (κ1) is 16.5. The number of likely N-dealkylation sites (N-methyl/N-ethyl adjacent to an activating group) is 1. The van der Waals surface area contributed by atoms with E-state index in [2.05, 4.69) is 10.2 Å². The molecular formula is C15H25N5O2. The number of nitrogens with zero attached hydrogens (tertiary/aromatic N) is 4. The number of hydrogen-bond acceptors (Lipinski definition) is 4. The van der Waals surface area contributed by atoms with Crippen LogP contribution >= 0.6 is 0 Å². The van der Waals surface area contributed by atoms with Gasteiger partial charge >= 0.3 is 0 Å². The minimum atomic E-state index is -0.236. The van der Waals surface area contributed by atoms with Gasteiger partial charge in [0.15, 0.2) is 0 Å². The zero-order chi connectivity index (χ0) is 16.3. The molecule has 1 saturated heterocycles. The van der Waals surface area contributed by atoms with Crippen LogP contribution in [0.3, 0.4) is 0 Å². The van der Waals surface area contributed by atoms with E-state index in [0.717, 1.165) is 17.9 Å². The average molecular weight is 307 g/mol. The average Bonchev–Trinajstić information content (AvgIpc) is 3.01. The van der Waals surface area contributed by atoms with E-state index in [1.807, 2.05) is 32.0 Å². The second-order valence-corrected chi connectivity index (χ2v) is 6.28. The lowest BCUT2D eigenvalue weighted by Gasteiger charge is -2.21. The van der Waals surface area contributed by atoms with Crippen LogP contribution in [0.4, 0.5) is 0 Å². The molecule has 0 aliphatic carbocycles. The molecule has 2 amide bonds. The van der Waals surface area contributed by atoms with Crippen molar-refractivity contribution in [3.05, 3.63) is 17.5 Å². The third-order valence-electron chi connectivity index (χ3n) is 3.92. The number of aromatic nitrogens is 2. The second kappa shape index (κ2) is 6.91. The van der Waals surface area contributed by atoms with E-state index in [0.29, 0.717) is 26.1 Å². The van der Waals surface area contributed by atoms with Gasteiger partial charge in [-0.1, -0.05) is 0 Å². The van der Waals surface area contributed by atoms with E-state index in [-0.39, 0.29) is 17.7 Å².